The number of rotatable bonds is 6. The van der Waals surface area contributed by atoms with Crippen molar-refractivity contribution in [3.63, 3.8) is 0 Å². The van der Waals surface area contributed by atoms with E-state index in [4.69, 9.17) is 0 Å². The summed E-state index contributed by atoms with van der Waals surface area (Å²) in [5.74, 6) is -2.68. The van der Waals surface area contributed by atoms with Gasteiger partial charge in [0.15, 0.2) is 5.41 Å². The molecule has 4 aromatic rings. The molecule has 0 spiro atoms. The fourth-order valence-electron chi connectivity index (χ4n) is 4.73. The number of carboxylic acids is 2. The molecule has 0 aliphatic rings. The first-order valence-electron chi connectivity index (χ1n) is 10.2. The molecule has 0 fully saturated rings. The zero-order valence-electron chi connectivity index (χ0n) is 17.5. The Kier molecular flexibility index (Phi) is 5.02. The standard InChI is InChI=1S/C27H24O4/c1-26(2,23-16-8-12-19-10-4-6-15-22(19)23)27(24(28)29,25(30)31)17-20-13-7-11-18-9-3-5-14-21(18)20/h3-16H,17H2,1-2H3,(H,28,29)(H,30,31). The van der Waals surface area contributed by atoms with E-state index in [9.17, 15) is 19.8 Å². The third-order valence-electron chi connectivity index (χ3n) is 6.60. The summed E-state index contributed by atoms with van der Waals surface area (Å²) in [5, 5.41) is 24.5. The van der Waals surface area contributed by atoms with Crippen molar-refractivity contribution in [2.45, 2.75) is 25.7 Å². The van der Waals surface area contributed by atoms with Crippen LogP contribution < -0.4 is 0 Å². The van der Waals surface area contributed by atoms with Gasteiger partial charge in [-0.05, 0) is 32.7 Å². The van der Waals surface area contributed by atoms with Crippen molar-refractivity contribution >= 4 is 33.5 Å². The van der Waals surface area contributed by atoms with Gasteiger partial charge >= 0.3 is 11.9 Å². The fourth-order valence-corrected chi connectivity index (χ4v) is 4.73. The molecule has 4 nitrogen and oxygen atoms in total. The molecule has 0 saturated carbocycles. The first kappa shape index (κ1) is 20.6. The van der Waals surface area contributed by atoms with Gasteiger partial charge in [0.2, 0.25) is 0 Å². The quantitative estimate of drug-likeness (QED) is 0.400. The van der Waals surface area contributed by atoms with Crippen LogP contribution >= 0.6 is 0 Å². The number of aliphatic carboxylic acids is 2. The summed E-state index contributed by atoms with van der Waals surface area (Å²) in [6.45, 7) is 3.45. The number of benzene rings is 4. The molecule has 2 N–H and O–H groups in total. The summed E-state index contributed by atoms with van der Waals surface area (Å²) in [5.41, 5.74) is -1.86. The highest BCUT2D eigenvalue weighted by molar-refractivity contribution is 6.02. The molecule has 0 heterocycles. The van der Waals surface area contributed by atoms with E-state index in [-0.39, 0.29) is 6.42 Å². The first-order valence-corrected chi connectivity index (χ1v) is 10.2. The molecule has 4 rings (SSSR count). The van der Waals surface area contributed by atoms with E-state index in [1.54, 1.807) is 13.8 Å². The molecule has 0 radical (unpaired) electrons. The Hall–Kier alpha value is -3.66. The molecule has 4 heteroatoms. The van der Waals surface area contributed by atoms with Gasteiger partial charge in [0.1, 0.15) is 0 Å². The van der Waals surface area contributed by atoms with Gasteiger partial charge in [0, 0.05) is 11.8 Å². The lowest BCUT2D eigenvalue weighted by Crippen LogP contribution is -2.54. The summed E-state index contributed by atoms with van der Waals surface area (Å²) in [6, 6.07) is 26.5. The smallest absolute Gasteiger partial charge is 0.322 e. The fraction of sp³-hybridized carbons (Fsp3) is 0.185. The first-order chi connectivity index (χ1) is 14.8. The summed E-state index contributed by atoms with van der Waals surface area (Å²) >= 11 is 0. The summed E-state index contributed by atoms with van der Waals surface area (Å²) in [7, 11) is 0. The lowest BCUT2D eigenvalue weighted by molar-refractivity contribution is -0.170. The topological polar surface area (TPSA) is 74.6 Å². The van der Waals surface area contributed by atoms with Crippen LogP contribution in [0, 0.1) is 5.41 Å². The number of hydrogen-bond acceptors (Lipinski definition) is 2. The van der Waals surface area contributed by atoms with Gasteiger partial charge in [0.25, 0.3) is 0 Å². The molecule has 0 atom stereocenters. The van der Waals surface area contributed by atoms with Gasteiger partial charge in [-0.15, -0.1) is 0 Å². The van der Waals surface area contributed by atoms with E-state index in [1.807, 2.05) is 84.9 Å². The predicted octanol–water partition coefficient (Wildman–Crippen LogP) is 5.67. The molecular weight excluding hydrogens is 388 g/mol. The van der Waals surface area contributed by atoms with Gasteiger partial charge in [-0.3, -0.25) is 9.59 Å². The third kappa shape index (κ3) is 3.15. The second kappa shape index (κ2) is 7.55. The molecule has 4 aromatic carbocycles. The predicted molar refractivity (Wildman–Crippen MR) is 122 cm³/mol. The van der Waals surface area contributed by atoms with Crippen LogP contribution in [0.1, 0.15) is 25.0 Å². The number of fused-ring (bicyclic) bond motifs is 2. The highest BCUT2D eigenvalue weighted by Gasteiger charge is 2.59. The normalized spacial score (nSPS) is 12.2. The van der Waals surface area contributed by atoms with Gasteiger partial charge in [-0.25, -0.2) is 0 Å². The Bertz CT molecular complexity index is 1280. The van der Waals surface area contributed by atoms with Crippen LogP contribution in [-0.4, -0.2) is 22.2 Å². The minimum absolute atomic E-state index is 0.130. The lowest BCUT2D eigenvalue weighted by Gasteiger charge is -2.41. The van der Waals surface area contributed by atoms with Crippen molar-refractivity contribution in [2.75, 3.05) is 0 Å². The molecule has 0 bridgehead atoms. The van der Waals surface area contributed by atoms with E-state index < -0.39 is 22.8 Å². The molecular formula is C27H24O4. The van der Waals surface area contributed by atoms with Gasteiger partial charge in [-0.1, -0.05) is 98.8 Å². The molecule has 31 heavy (non-hydrogen) atoms. The van der Waals surface area contributed by atoms with Gasteiger partial charge in [0.05, 0.1) is 0 Å². The summed E-state index contributed by atoms with van der Waals surface area (Å²) < 4.78 is 0. The average Bonchev–Trinajstić information content (AvgIpc) is 2.76. The van der Waals surface area contributed by atoms with E-state index in [0.29, 0.717) is 11.1 Å². The Labute approximate surface area is 180 Å². The Balaban J connectivity index is 1.98. The second-order valence-electron chi connectivity index (χ2n) is 8.48. The SMILES string of the molecule is CC(C)(c1cccc2ccccc12)C(Cc1cccc2ccccc12)(C(=O)O)C(=O)O. The minimum Gasteiger partial charge on any atom is -0.480 e. The molecule has 0 aliphatic heterocycles. The van der Waals surface area contributed by atoms with Crippen LogP contribution in [0.25, 0.3) is 21.5 Å². The van der Waals surface area contributed by atoms with E-state index in [0.717, 1.165) is 21.5 Å². The average molecular weight is 412 g/mol. The minimum atomic E-state index is -2.07. The van der Waals surface area contributed by atoms with Gasteiger partial charge in [-0.2, -0.15) is 0 Å². The highest BCUT2D eigenvalue weighted by atomic mass is 16.4. The summed E-state index contributed by atoms with van der Waals surface area (Å²) in [4.78, 5) is 25.6. The number of hydrogen-bond donors (Lipinski definition) is 2. The third-order valence-corrected chi connectivity index (χ3v) is 6.60. The van der Waals surface area contributed by atoms with Crippen LogP contribution in [0.3, 0.4) is 0 Å². The molecule has 0 unspecified atom stereocenters. The molecule has 0 aromatic heterocycles. The van der Waals surface area contributed by atoms with Crippen LogP contribution in [-0.2, 0) is 21.4 Å². The molecule has 0 amide bonds. The van der Waals surface area contributed by atoms with E-state index in [2.05, 4.69) is 0 Å². The van der Waals surface area contributed by atoms with E-state index in [1.165, 1.54) is 0 Å². The highest BCUT2D eigenvalue weighted by Crippen LogP contribution is 2.47. The van der Waals surface area contributed by atoms with Crippen molar-refractivity contribution < 1.29 is 19.8 Å². The largest absolute Gasteiger partial charge is 0.480 e. The van der Waals surface area contributed by atoms with Crippen LogP contribution in [0.4, 0.5) is 0 Å². The summed E-state index contributed by atoms with van der Waals surface area (Å²) in [6.07, 6.45) is -0.130. The van der Waals surface area contributed by atoms with Crippen molar-refractivity contribution in [2.24, 2.45) is 5.41 Å². The van der Waals surface area contributed by atoms with Crippen molar-refractivity contribution in [1.29, 1.82) is 0 Å². The van der Waals surface area contributed by atoms with Crippen LogP contribution in [0.5, 0.6) is 0 Å². The molecule has 156 valence electrons. The maximum absolute atomic E-state index is 12.8. The zero-order valence-corrected chi connectivity index (χ0v) is 17.5. The number of carboxylic acid groups (broad SMARTS) is 2. The van der Waals surface area contributed by atoms with Crippen LogP contribution in [0.15, 0.2) is 84.9 Å². The zero-order chi connectivity index (χ0) is 22.2. The Morgan fingerprint density at radius 3 is 1.77 bits per heavy atom. The second-order valence-corrected chi connectivity index (χ2v) is 8.48. The van der Waals surface area contributed by atoms with Crippen molar-refractivity contribution in [3.8, 4) is 0 Å². The van der Waals surface area contributed by atoms with Crippen LogP contribution in [0.2, 0.25) is 0 Å². The number of carbonyl (C=O) groups is 2. The Morgan fingerprint density at radius 1 is 0.677 bits per heavy atom. The van der Waals surface area contributed by atoms with E-state index >= 15 is 0 Å². The van der Waals surface area contributed by atoms with Gasteiger partial charge < -0.3 is 10.2 Å². The molecule has 0 aliphatic carbocycles. The maximum atomic E-state index is 12.8. The van der Waals surface area contributed by atoms with Crippen molar-refractivity contribution in [3.05, 3.63) is 96.1 Å². The monoisotopic (exact) mass is 412 g/mol. The lowest BCUT2D eigenvalue weighted by atomic mass is 9.58. The molecule has 0 saturated heterocycles. The van der Waals surface area contributed by atoms with Crippen molar-refractivity contribution in [1.82, 2.24) is 0 Å². The Morgan fingerprint density at radius 2 is 1.16 bits per heavy atom. The maximum Gasteiger partial charge on any atom is 0.322 e.